The van der Waals surface area contributed by atoms with Gasteiger partial charge in [-0.25, -0.2) is 0 Å². The molecule has 2 rings (SSSR count). The third-order valence-electron chi connectivity index (χ3n) is 3.72. The fourth-order valence-corrected chi connectivity index (χ4v) is 3.85. The van der Waals surface area contributed by atoms with Crippen LogP contribution < -0.4 is 5.32 Å². The van der Waals surface area contributed by atoms with Crippen LogP contribution in [0.2, 0.25) is 0 Å². The Bertz CT molecular complexity index is 744. The van der Waals surface area contributed by atoms with Gasteiger partial charge < -0.3 is 10.1 Å². The largest absolute Gasteiger partial charge is 0.453 e. The first-order valence-corrected chi connectivity index (χ1v) is 10.1. The molecule has 0 radical (unpaired) electrons. The predicted octanol–water partition coefficient (Wildman–Crippen LogP) is 1.76. The van der Waals surface area contributed by atoms with E-state index in [0.717, 1.165) is 21.5 Å². The lowest BCUT2D eigenvalue weighted by atomic mass is 10.2. The monoisotopic (exact) mass is 412 g/mol. The number of aryl methyl sites for hydroxylation is 1. The lowest BCUT2D eigenvalue weighted by Gasteiger charge is -2.16. The first-order chi connectivity index (χ1) is 12.8. The molecule has 1 saturated heterocycles. The number of ether oxygens (including phenoxy) is 1. The Hall–Kier alpha value is -2.20. The molecule has 0 saturated carbocycles. The van der Waals surface area contributed by atoms with Crippen molar-refractivity contribution >= 4 is 51.9 Å². The van der Waals surface area contributed by atoms with Crippen LogP contribution in [0, 0.1) is 6.92 Å². The number of esters is 1. The van der Waals surface area contributed by atoms with E-state index in [1.165, 1.54) is 18.3 Å². The van der Waals surface area contributed by atoms with E-state index in [9.17, 15) is 24.0 Å². The number of imide groups is 1. The normalized spacial score (nSPS) is 15.0. The molecule has 1 aromatic rings. The van der Waals surface area contributed by atoms with Crippen LogP contribution in [0.25, 0.3) is 0 Å². The molecule has 2 heterocycles. The predicted molar refractivity (Wildman–Crippen MR) is 101 cm³/mol. The molecule has 8 nitrogen and oxygen atoms in total. The Morgan fingerprint density at radius 2 is 2.00 bits per heavy atom. The highest BCUT2D eigenvalue weighted by molar-refractivity contribution is 8.14. The van der Waals surface area contributed by atoms with E-state index in [1.807, 2.05) is 13.0 Å². The topological polar surface area (TPSA) is 110 Å². The van der Waals surface area contributed by atoms with Gasteiger partial charge in [0.2, 0.25) is 5.91 Å². The van der Waals surface area contributed by atoms with Crippen molar-refractivity contribution < 1.29 is 28.7 Å². The van der Waals surface area contributed by atoms with E-state index in [4.69, 9.17) is 4.74 Å². The van der Waals surface area contributed by atoms with E-state index in [2.05, 4.69) is 5.32 Å². The zero-order valence-corrected chi connectivity index (χ0v) is 16.6. The van der Waals surface area contributed by atoms with Crippen LogP contribution in [0.1, 0.15) is 34.3 Å². The van der Waals surface area contributed by atoms with Crippen LogP contribution in [-0.2, 0) is 19.1 Å². The van der Waals surface area contributed by atoms with Crippen molar-refractivity contribution in [3.63, 3.8) is 0 Å². The zero-order chi connectivity index (χ0) is 20.0. The number of hydrogen-bond donors (Lipinski definition) is 1. The minimum absolute atomic E-state index is 0.0178. The molecular formula is C17H20N2O6S2. The molecule has 0 spiro atoms. The van der Waals surface area contributed by atoms with Crippen molar-refractivity contribution in [3.05, 3.63) is 21.9 Å². The minimum Gasteiger partial charge on any atom is -0.453 e. The maximum atomic E-state index is 12.0. The van der Waals surface area contributed by atoms with Crippen LogP contribution in [0.15, 0.2) is 12.1 Å². The fourth-order valence-electron chi connectivity index (χ4n) is 2.26. The van der Waals surface area contributed by atoms with E-state index in [-0.39, 0.29) is 48.6 Å². The number of thiophene rings is 1. The SMILES string of the molecule is Cc1ccc(C(=O)CCC(=O)O[C@@H](C)C(=O)NCCN2C(=O)CSC2=O)s1. The first kappa shape index (κ1) is 21.1. The summed E-state index contributed by atoms with van der Waals surface area (Å²) in [5, 5.41) is 2.18. The van der Waals surface area contributed by atoms with Crippen molar-refractivity contribution in [1.82, 2.24) is 10.2 Å². The summed E-state index contributed by atoms with van der Waals surface area (Å²) in [5.41, 5.74) is 0. The molecule has 1 aromatic heterocycles. The second-order valence-corrected chi connectivity index (χ2v) is 8.07. The highest BCUT2D eigenvalue weighted by Gasteiger charge is 2.29. The van der Waals surface area contributed by atoms with Gasteiger partial charge in [-0.05, 0) is 26.0 Å². The molecule has 1 aliphatic rings. The number of nitrogens with zero attached hydrogens (tertiary/aromatic N) is 1. The second kappa shape index (κ2) is 9.65. The summed E-state index contributed by atoms with van der Waals surface area (Å²) >= 11 is 2.29. The molecule has 27 heavy (non-hydrogen) atoms. The molecule has 3 amide bonds. The van der Waals surface area contributed by atoms with Crippen LogP contribution in [0.4, 0.5) is 4.79 Å². The number of hydrogen-bond acceptors (Lipinski definition) is 8. The molecule has 146 valence electrons. The van der Waals surface area contributed by atoms with Gasteiger partial charge in [-0.2, -0.15) is 0 Å². The number of thioether (sulfide) groups is 1. The number of ketones is 1. The summed E-state index contributed by atoms with van der Waals surface area (Å²) < 4.78 is 5.02. The summed E-state index contributed by atoms with van der Waals surface area (Å²) in [5.74, 6) is -1.48. The van der Waals surface area contributed by atoms with E-state index in [1.54, 1.807) is 6.07 Å². The summed E-state index contributed by atoms with van der Waals surface area (Å²) in [6, 6.07) is 3.56. The standard InChI is InChI=1S/C17H20N2O6S2/c1-10-3-5-13(27-10)12(20)4-6-15(22)25-11(2)16(23)18-7-8-19-14(21)9-26-17(19)24/h3,5,11H,4,6-9H2,1-2H3,(H,18,23)/t11-/m0/s1. The smallest absolute Gasteiger partial charge is 0.307 e. The molecule has 1 atom stereocenters. The number of carbonyl (C=O) groups excluding carboxylic acids is 5. The number of amides is 3. The van der Waals surface area contributed by atoms with Crippen LogP contribution in [-0.4, -0.2) is 58.7 Å². The van der Waals surface area contributed by atoms with Crippen molar-refractivity contribution in [2.45, 2.75) is 32.8 Å². The summed E-state index contributed by atoms with van der Waals surface area (Å²) in [6.45, 7) is 3.46. The lowest BCUT2D eigenvalue weighted by Crippen LogP contribution is -2.41. The molecule has 0 aromatic carbocycles. The number of rotatable bonds is 9. The second-order valence-electron chi connectivity index (χ2n) is 5.86. The van der Waals surface area contributed by atoms with Crippen molar-refractivity contribution in [3.8, 4) is 0 Å². The highest BCUT2D eigenvalue weighted by Crippen LogP contribution is 2.18. The molecule has 1 fully saturated rings. The number of carbonyl (C=O) groups is 5. The fraction of sp³-hybridized carbons (Fsp3) is 0.471. The van der Waals surface area contributed by atoms with Crippen LogP contribution in [0.5, 0.6) is 0 Å². The van der Waals surface area contributed by atoms with E-state index < -0.39 is 18.0 Å². The van der Waals surface area contributed by atoms with E-state index in [0.29, 0.717) is 4.88 Å². The zero-order valence-electron chi connectivity index (χ0n) is 15.0. The average Bonchev–Trinajstić information content (AvgIpc) is 3.19. The van der Waals surface area contributed by atoms with E-state index >= 15 is 0 Å². The molecule has 1 aliphatic heterocycles. The third-order valence-corrected chi connectivity index (χ3v) is 5.62. The summed E-state index contributed by atoms with van der Waals surface area (Å²) in [7, 11) is 0. The van der Waals surface area contributed by atoms with Gasteiger partial charge >= 0.3 is 5.97 Å². The molecule has 0 unspecified atom stereocenters. The molecule has 1 N–H and O–H groups in total. The van der Waals surface area contributed by atoms with Crippen molar-refractivity contribution in [2.75, 3.05) is 18.8 Å². The summed E-state index contributed by atoms with van der Waals surface area (Å²) in [6.07, 6.45) is -1.12. The molecule has 0 bridgehead atoms. The lowest BCUT2D eigenvalue weighted by molar-refractivity contribution is -0.154. The Morgan fingerprint density at radius 3 is 2.59 bits per heavy atom. The van der Waals surface area contributed by atoms with Crippen LogP contribution >= 0.6 is 23.1 Å². The van der Waals surface area contributed by atoms with Gasteiger partial charge in [-0.3, -0.25) is 28.9 Å². The minimum atomic E-state index is -1.03. The van der Waals surface area contributed by atoms with Gasteiger partial charge in [0.25, 0.3) is 11.1 Å². The van der Waals surface area contributed by atoms with Gasteiger partial charge in [-0.15, -0.1) is 11.3 Å². The Morgan fingerprint density at radius 1 is 1.26 bits per heavy atom. The summed E-state index contributed by atoms with van der Waals surface area (Å²) in [4.78, 5) is 61.3. The van der Waals surface area contributed by atoms with Gasteiger partial charge in [-0.1, -0.05) is 11.8 Å². The number of Topliss-reactive ketones (excluding diaryl/α,β-unsaturated/α-hetero) is 1. The van der Waals surface area contributed by atoms with Gasteiger partial charge in [0.05, 0.1) is 17.1 Å². The molecule has 0 aliphatic carbocycles. The Balaban J connectivity index is 1.67. The average molecular weight is 412 g/mol. The van der Waals surface area contributed by atoms with Gasteiger partial charge in [0.15, 0.2) is 11.9 Å². The maximum Gasteiger partial charge on any atom is 0.307 e. The number of nitrogens with one attached hydrogen (secondary N) is 1. The molecular weight excluding hydrogens is 392 g/mol. The van der Waals surface area contributed by atoms with Gasteiger partial charge in [0, 0.05) is 24.4 Å². The Labute approximate surface area is 164 Å². The Kier molecular flexibility index (Phi) is 7.55. The first-order valence-electron chi connectivity index (χ1n) is 8.32. The molecule has 10 heteroatoms. The van der Waals surface area contributed by atoms with Crippen molar-refractivity contribution in [1.29, 1.82) is 0 Å². The van der Waals surface area contributed by atoms with Crippen LogP contribution in [0.3, 0.4) is 0 Å². The maximum absolute atomic E-state index is 12.0. The third kappa shape index (κ3) is 6.17. The quantitative estimate of drug-likeness (QED) is 0.486. The highest BCUT2D eigenvalue weighted by atomic mass is 32.2. The van der Waals surface area contributed by atoms with Crippen molar-refractivity contribution in [2.24, 2.45) is 0 Å². The van der Waals surface area contributed by atoms with Gasteiger partial charge in [0.1, 0.15) is 0 Å².